The molecule has 1 atom stereocenters. The molecule has 0 aliphatic rings. The largest absolute Gasteiger partial charge is 0.386 e. The van der Waals surface area contributed by atoms with Crippen molar-refractivity contribution in [1.82, 2.24) is 0 Å². The van der Waals surface area contributed by atoms with Crippen molar-refractivity contribution in [3.8, 4) is 0 Å². The predicted octanol–water partition coefficient (Wildman–Crippen LogP) is 2.72. The highest BCUT2D eigenvalue weighted by Gasteiger charge is 2.11. The number of benzene rings is 1. The summed E-state index contributed by atoms with van der Waals surface area (Å²) in [5, 5.41) is 10.5. The van der Waals surface area contributed by atoms with Crippen LogP contribution in [-0.2, 0) is 4.74 Å². The molecule has 14 heavy (non-hydrogen) atoms. The van der Waals surface area contributed by atoms with Gasteiger partial charge in [-0.3, -0.25) is 0 Å². The highest BCUT2D eigenvalue weighted by Crippen LogP contribution is 2.24. The third kappa shape index (κ3) is 2.71. The lowest BCUT2D eigenvalue weighted by Crippen LogP contribution is -2.08. The lowest BCUT2D eigenvalue weighted by molar-refractivity contribution is 0.0417. The first-order valence-electron chi connectivity index (χ1n) is 4.67. The maximum atomic E-state index is 9.77. The summed E-state index contributed by atoms with van der Waals surface area (Å²) in [6.45, 7) is 4.72. The number of aliphatic hydroxyl groups excluding tert-OH is 1. The minimum Gasteiger partial charge on any atom is -0.386 e. The van der Waals surface area contributed by atoms with Gasteiger partial charge in [0.25, 0.3) is 0 Å². The van der Waals surface area contributed by atoms with Crippen molar-refractivity contribution >= 4 is 11.6 Å². The Bertz CT molecular complexity index is 299. The molecule has 1 N–H and O–H groups in total. The summed E-state index contributed by atoms with van der Waals surface area (Å²) in [6, 6.07) is 5.51. The van der Waals surface area contributed by atoms with Gasteiger partial charge in [0.15, 0.2) is 0 Å². The van der Waals surface area contributed by atoms with Gasteiger partial charge in [0, 0.05) is 11.6 Å². The van der Waals surface area contributed by atoms with Crippen LogP contribution in [0.1, 0.15) is 24.2 Å². The summed E-state index contributed by atoms with van der Waals surface area (Å²) >= 11 is 5.94. The van der Waals surface area contributed by atoms with Crippen molar-refractivity contribution in [3.05, 3.63) is 34.3 Å². The number of hydrogen-bond donors (Lipinski definition) is 1. The summed E-state index contributed by atoms with van der Waals surface area (Å²) < 4.78 is 5.15. The fraction of sp³-hybridized carbons (Fsp3) is 0.455. The molecular weight excluding hydrogens is 200 g/mol. The second kappa shape index (κ2) is 5.35. The van der Waals surface area contributed by atoms with Crippen LogP contribution in [0, 0.1) is 6.92 Å². The van der Waals surface area contributed by atoms with Gasteiger partial charge in [-0.2, -0.15) is 0 Å². The van der Waals surface area contributed by atoms with Crippen LogP contribution in [0.15, 0.2) is 18.2 Å². The Morgan fingerprint density at radius 1 is 1.50 bits per heavy atom. The zero-order valence-electron chi connectivity index (χ0n) is 8.46. The number of rotatable bonds is 4. The van der Waals surface area contributed by atoms with E-state index in [0.717, 1.165) is 11.1 Å². The Morgan fingerprint density at radius 3 is 2.86 bits per heavy atom. The molecule has 0 amide bonds. The van der Waals surface area contributed by atoms with Crippen molar-refractivity contribution in [2.24, 2.45) is 0 Å². The average molecular weight is 215 g/mol. The van der Waals surface area contributed by atoms with Gasteiger partial charge in [-0.1, -0.05) is 23.7 Å². The third-order valence-electron chi connectivity index (χ3n) is 2.15. The summed E-state index contributed by atoms with van der Waals surface area (Å²) in [5.41, 5.74) is 1.76. The van der Waals surface area contributed by atoms with Gasteiger partial charge in [0.05, 0.1) is 6.61 Å². The summed E-state index contributed by atoms with van der Waals surface area (Å²) in [5.74, 6) is 0. The summed E-state index contributed by atoms with van der Waals surface area (Å²) in [6.07, 6.45) is -0.589. The molecule has 0 aromatic heterocycles. The van der Waals surface area contributed by atoms with Gasteiger partial charge >= 0.3 is 0 Å². The molecular formula is C11H15ClO2. The molecule has 2 nitrogen and oxygen atoms in total. The molecule has 0 fully saturated rings. The maximum absolute atomic E-state index is 9.77. The Balaban J connectivity index is 2.79. The maximum Gasteiger partial charge on any atom is 0.103 e. The smallest absolute Gasteiger partial charge is 0.103 e. The van der Waals surface area contributed by atoms with Crippen LogP contribution in [0.25, 0.3) is 0 Å². The lowest BCUT2D eigenvalue weighted by Gasteiger charge is -2.14. The summed E-state index contributed by atoms with van der Waals surface area (Å²) in [4.78, 5) is 0. The predicted molar refractivity (Wildman–Crippen MR) is 57.6 cm³/mol. The van der Waals surface area contributed by atoms with Crippen LogP contribution in [0.3, 0.4) is 0 Å². The molecule has 0 aliphatic heterocycles. The van der Waals surface area contributed by atoms with Gasteiger partial charge in [0.1, 0.15) is 6.10 Å². The lowest BCUT2D eigenvalue weighted by atomic mass is 10.0. The Kier molecular flexibility index (Phi) is 4.39. The number of aliphatic hydroxyl groups is 1. The van der Waals surface area contributed by atoms with Crippen LogP contribution < -0.4 is 0 Å². The van der Waals surface area contributed by atoms with Crippen LogP contribution in [0.4, 0.5) is 0 Å². The van der Waals surface area contributed by atoms with Gasteiger partial charge in [-0.05, 0) is 31.0 Å². The second-order valence-electron chi connectivity index (χ2n) is 3.13. The normalized spacial score (nSPS) is 12.9. The minimum absolute atomic E-state index is 0.317. The average Bonchev–Trinajstić information content (AvgIpc) is 2.18. The van der Waals surface area contributed by atoms with Crippen LogP contribution >= 0.6 is 11.6 Å². The van der Waals surface area contributed by atoms with E-state index in [1.54, 1.807) is 0 Å². The van der Waals surface area contributed by atoms with Crippen molar-refractivity contribution in [2.45, 2.75) is 20.0 Å². The van der Waals surface area contributed by atoms with Gasteiger partial charge in [-0.25, -0.2) is 0 Å². The van der Waals surface area contributed by atoms with Crippen molar-refractivity contribution in [1.29, 1.82) is 0 Å². The number of hydrogen-bond acceptors (Lipinski definition) is 2. The van der Waals surface area contributed by atoms with E-state index in [1.165, 1.54) is 0 Å². The first kappa shape index (κ1) is 11.5. The van der Waals surface area contributed by atoms with E-state index in [0.29, 0.717) is 18.2 Å². The zero-order valence-corrected chi connectivity index (χ0v) is 9.21. The number of ether oxygens (including phenoxy) is 1. The SMILES string of the molecule is CCOCC(O)c1cccc(Cl)c1C. The summed E-state index contributed by atoms with van der Waals surface area (Å²) in [7, 11) is 0. The molecule has 1 rings (SSSR count). The molecule has 0 saturated heterocycles. The fourth-order valence-electron chi connectivity index (χ4n) is 1.30. The molecule has 0 saturated carbocycles. The van der Waals surface area contributed by atoms with Crippen molar-refractivity contribution in [2.75, 3.05) is 13.2 Å². The highest BCUT2D eigenvalue weighted by atomic mass is 35.5. The van der Waals surface area contributed by atoms with E-state index in [2.05, 4.69) is 0 Å². The molecule has 3 heteroatoms. The molecule has 0 bridgehead atoms. The minimum atomic E-state index is -0.589. The molecule has 1 unspecified atom stereocenters. The van der Waals surface area contributed by atoms with E-state index in [9.17, 15) is 5.11 Å². The van der Waals surface area contributed by atoms with Gasteiger partial charge in [-0.15, -0.1) is 0 Å². The van der Waals surface area contributed by atoms with E-state index < -0.39 is 6.10 Å². The van der Waals surface area contributed by atoms with E-state index in [-0.39, 0.29) is 0 Å². The molecule has 78 valence electrons. The van der Waals surface area contributed by atoms with E-state index in [1.807, 2.05) is 32.0 Å². The molecule has 1 aromatic carbocycles. The first-order chi connectivity index (χ1) is 6.66. The second-order valence-corrected chi connectivity index (χ2v) is 3.54. The van der Waals surface area contributed by atoms with E-state index in [4.69, 9.17) is 16.3 Å². The molecule has 0 aliphatic carbocycles. The van der Waals surface area contributed by atoms with Crippen molar-refractivity contribution in [3.63, 3.8) is 0 Å². The third-order valence-corrected chi connectivity index (χ3v) is 2.56. The van der Waals surface area contributed by atoms with Crippen LogP contribution in [-0.4, -0.2) is 18.3 Å². The van der Waals surface area contributed by atoms with Gasteiger partial charge in [0.2, 0.25) is 0 Å². The van der Waals surface area contributed by atoms with Crippen LogP contribution in [0.5, 0.6) is 0 Å². The van der Waals surface area contributed by atoms with Gasteiger partial charge < -0.3 is 9.84 Å². The van der Waals surface area contributed by atoms with Crippen molar-refractivity contribution < 1.29 is 9.84 Å². The molecule has 1 aromatic rings. The fourth-order valence-corrected chi connectivity index (χ4v) is 1.49. The molecule has 0 radical (unpaired) electrons. The molecule has 0 heterocycles. The zero-order chi connectivity index (χ0) is 10.6. The van der Waals surface area contributed by atoms with Crippen LogP contribution in [0.2, 0.25) is 5.02 Å². The Labute approximate surface area is 89.5 Å². The Morgan fingerprint density at radius 2 is 2.21 bits per heavy atom. The monoisotopic (exact) mass is 214 g/mol. The van der Waals surface area contributed by atoms with E-state index >= 15 is 0 Å². The topological polar surface area (TPSA) is 29.5 Å². The highest BCUT2D eigenvalue weighted by molar-refractivity contribution is 6.31. The quantitative estimate of drug-likeness (QED) is 0.835. The number of halogens is 1. The first-order valence-corrected chi connectivity index (χ1v) is 5.05. The standard InChI is InChI=1S/C11H15ClO2/c1-3-14-7-11(13)9-5-4-6-10(12)8(9)2/h4-6,11,13H,3,7H2,1-2H3. The molecule has 0 spiro atoms. The Hall–Kier alpha value is -0.570.